The molecule has 166 valence electrons. The van der Waals surface area contributed by atoms with Crippen molar-refractivity contribution in [3.8, 4) is 11.5 Å². The van der Waals surface area contributed by atoms with Gasteiger partial charge in [0.1, 0.15) is 19.8 Å². The summed E-state index contributed by atoms with van der Waals surface area (Å²) >= 11 is 0. The lowest BCUT2D eigenvalue weighted by atomic mass is 10.1. The second-order valence-corrected chi connectivity index (χ2v) is 9.38. The molecular weight excluding hydrogens is 428 g/mol. The lowest BCUT2D eigenvalue weighted by molar-refractivity contribution is -0.114. The van der Waals surface area contributed by atoms with E-state index in [1.807, 2.05) is 26.0 Å². The standard InChI is InChI=1S/C24H24N2O5S/c1-17-8-9-18(2)21(14-17)26(32(28,29)20-6-4-3-5-7-20)16-24(27)25-19-10-11-22-23(15-19)31-13-12-30-22/h3-11,14-15H,12-13,16H2,1-2H3,(H,25,27). The number of carbonyl (C=O) groups excluding carboxylic acids is 1. The minimum absolute atomic E-state index is 0.119. The molecule has 1 N–H and O–H groups in total. The number of rotatable bonds is 6. The van der Waals surface area contributed by atoms with Crippen molar-refractivity contribution in [2.75, 3.05) is 29.4 Å². The van der Waals surface area contributed by atoms with Gasteiger partial charge in [0.15, 0.2) is 11.5 Å². The van der Waals surface area contributed by atoms with Gasteiger partial charge in [0, 0.05) is 11.8 Å². The summed E-state index contributed by atoms with van der Waals surface area (Å²) in [5, 5.41) is 2.77. The van der Waals surface area contributed by atoms with Gasteiger partial charge in [0.05, 0.1) is 10.6 Å². The Morgan fingerprint density at radius 2 is 1.66 bits per heavy atom. The van der Waals surface area contributed by atoms with Crippen LogP contribution in [0.2, 0.25) is 0 Å². The van der Waals surface area contributed by atoms with Crippen molar-refractivity contribution in [3.05, 3.63) is 77.9 Å². The first kappa shape index (κ1) is 21.7. The number of fused-ring (bicyclic) bond motifs is 1. The highest BCUT2D eigenvalue weighted by Crippen LogP contribution is 2.33. The lowest BCUT2D eigenvalue weighted by Gasteiger charge is -2.26. The highest BCUT2D eigenvalue weighted by molar-refractivity contribution is 7.92. The molecular formula is C24H24N2O5S. The van der Waals surface area contributed by atoms with Gasteiger partial charge in [0.2, 0.25) is 5.91 Å². The summed E-state index contributed by atoms with van der Waals surface area (Å²) in [6.07, 6.45) is 0. The van der Waals surface area contributed by atoms with Crippen LogP contribution in [0, 0.1) is 13.8 Å². The number of aryl methyl sites for hydroxylation is 2. The summed E-state index contributed by atoms with van der Waals surface area (Å²) in [4.78, 5) is 13.1. The molecule has 1 aliphatic heterocycles. The van der Waals surface area contributed by atoms with Crippen molar-refractivity contribution in [3.63, 3.8) is 0 Å². The van der Waals surface area contributed by atoms with Crippen LogP contribution in [0.4, 0.5) is 11.4 Å². The molecule has 0 aliphatic carbocycles. The van der Waals surface area contributed by atoms with Crippen LogP contribution >= 0.6 is 0 Å². The van der Waals surface area contributed by atoms with E-state index in [0.717, 1.165) is 15.4 Å². The lowest BCUT2D eigenvalue weighted by Crippen LogP contribution is -2.38. The number of amides is 1. The Kier molecular flexibility index (Phi) is 6.05. The van der Waals surface area contributed by atoms with Gasteiger partial charge in [-0.25, -0.2) is 8.42 Å². The Bertz CT molecular complexity index is 1240. The van der Waals surface area contributed by atoms with Crippen LogP contribution in [0.3, 0.4) is 0 Å². The van der Waals surface area contributed by atoms with E-state index in [2.05, 4.69) is 5.32 Å². The first-order chi connectivity index (χ1) is 15.3. The van der Waals surface area contributed by atoms with Gasteiger partial charge in [0.25, 0.3) is 10.0 Å². The Hall–Kier alpha value is -3.52. The van der Waals surface area contributed by atoms with Crippen LogP contribution in [0.5, 0.6) is 11.5 Å². The highest BCUT2D eigenvalue weighted by atomic mass is 32.2. The molecule has 0 spiro atoms. The first-order valence-electron chi connectivity index (χ1n) is 10.2. The molecule has 0 radical (unpaired) electrons. The fourth-order valence-corrected chi connectivity index (χ4v) is 4.96. The molecule has 0 saturated heterocycles. The van der Waals surface area contributed by atoms with Crippen LogP contribution in [0.15, 0.2) is 71.6 Å². The summed E-state index contributed by atoms with van der Waals surface area (Å²) in [5.74, 6) is 0.678. The van der Waals surface area contributed by atoms with E-state index in [4.69, 9.17) is 9.47 Å². The fraction of sp³-hybridized carbons (Fsp3) is 0.208. The maximum absolute atomic E-state index is 13.5. The molecule has 0 unspecified atom stereocenters. The highest BCUT2D eigenvalue weighted by Gasteiger charge is 2.28. The van der Waals surface area contributed by atoms with Crippen molar-refractivity contribution in [2.45, 2.75) is 18.7 Å². The fourth-order valence-electron chi connectivity index (χ4n) is 3.46. The Morgan fingerprint density at radius 3 is 2.41 bits per heavy atom. The zero-order chi connectivity index (χ0) is 22.7. The summed E-state index contributed by atoms with van der Waals surface area (Å²) in [7, 11) is -3.97. The van der Waals surface area contributed by atoms with Crippen LogP contribution in [-0.2, 0) is 14.8 Å². The quantitative estimate of drug-likeness (QED) is 0.613. The van der Waals surface area contributed by atoms with Gasteiger partial charge in [-0.15, -0.1) is 0 Å². The van der Waals surface area contributed by atoms with E-state index in [1.165, 1.54) is 12.1 Å². The van der Waals surface area contributed by atoms with Crippen molar-refractivity contribution < 1.29 is 22.7 Å². The topological polar surface area (TPSA) is 84.9 Å². The minimum atomic E-state index is -3.97. The van der Waals surface area contributed by atoms with E-state index in [9.17, 15) is 13.2 Å². The number of nitrogens with zero attached hydrogens (tertiary/aromatic N) is 1. The number of sulfonamides is 1. The number of carbonyl (C=O) groups is 1. The van der Waals surface area contributed by atoms with E-state index in [-0.39, 0.29) is 11.4 Å². The third kappa shape index (κ3) is 4.55. The zero-order valence-electron chi connectivity index (χ0n) is 17.9. The van der Waals surface area contributed by atoms with E-state index in [0.29, 0.717) is 36.1 Å². The molecule has 8 heteroatoms. The Balaban J connectivity index is 1.65. The molecule has 0 aromatic heterocycles. The third-order valence-corrected chi connectivity index (χ3v) is 6.85. The third-order valence-electron chi connectivity index (χ3n) is 5.08. The number of hydrogen-bond acceptors (Lipinski definition) is 5. The molecule has 0 bridgehead atoms. The predicted octanol–water partition coefficient (Wildman–Crippen LogP) is 3.91. The summed E-state index contributed by atoms with van der Waals surface area (Å²) < 4.78 is 39.2. The van der Waals surface area contributed by atoms with E-state index < -0.39 is 15.9 Å². The van der Waals surface area contributed by atoms with Gasteiger partial charge in [-0.1, -0.05) is 30.3 Å². The minimum Gasteiger partial charge on any atom is -0.486 e. The maximum Gasteiger partial charge on any atom is 0.264 e. The molecule has 7 nitrogen and oxygen atoms in total. The Morgan fingerprint density at radius 1 is 0.938 bits per heavy atom. The molecule has 3 aromatic rings. The number of ether oxygens (including phenoxy) is 2. The van der Waals surface area contributed by atoms with Crippen molar-refractivity contribution >= 4 is 27.3 Å². The van der Waals surface area contributed by atoms with Crippen LogP contribution < -0.4 is 19.1 Å². The van der Waals surface area contributed by atoms with Gasteiger partial charge in [-0.05, 0) is 55.3 Å². The molecule has 4 rings (SSSR count). The number of nitrogens with one attached hydrogen (secondary N) is 1. The van der Waals surface area contributed by atoms with Crippen molar-refractivity contribution in [1.82, 2.24) is 0 Å². The maximum atomic E-state index is 13.5. The van der Waals surface area contributed by atoms with Crippen LogP contribution in [0.25, 0.3) is 0 Å². The Labute approximate surface area is 187 Å². The monoisotopic (exact) mass is 452 g/mol. The van der Waals surface area contributed by atoms with Gasteiger partial charge in [-0.2, -0.15) is 0 Å². The van der Waals surface area contributed by atoms with Crippen LogP contribution in [0.1, 0.15) is 11.1 Å². The van der Waals surface area contributed by atoms with Gasteiger partial charge in [-0.3, -0.25) is 9.10 Å². The van der Waals surface area contributed by atoms with Gasteiger partial charge >= 0.3 is 0 Å². The normalized spacial score (nSPS) is 12.8. The van der Waals surface area contributed by atoms with Crippen LogP contribution in [-0.4, -0.2) is 34.1 Å². The molecule has 32 heavy (non-hydrogen) atoms. The smallest absolute Gasteiger partial charge is 0.264 e. The average molecular weight is 453 g/mol. The SMILES string of the molecule is Cc1ccc(C)c(N(CC(=O)Nc2ccc3c(c2)OCCO3)S(=O)(=O)c2ccccc2)c1. The zero-order valence-corrected chi connectivity index (χ0v) is 18.7. The molecule has 0 saturated carbocycles. The average Bonchev–Trinajstić information content (AvgIpc) is 2.79. The number of hydrogen-bond donors (Lipinski definition) is 1. The molecule has 1 amide bonds. The van der Waals surface area contributed by atoms with Crippen molar-refractivity contribution in [1.29, 1.82) is 0 Å². The summed E-state index contributed by atoms with van der Waals surface area (Å²) in [6, 6.07) is 18.7. The second kappa shape index (κ2) is 8.92. The van der Waals surface area contributed by atoms with Crippen molar-refractivity contribution in [2.24, 2.45) is 0 Å². The number of anilines is 2. The van der Waals surface area contributed by atoms with E-state index in [1.54, 1.807) is 42.5 Å². The predicted molar refractivity (Wildman–Crippen MR) is 123 cm³/mol. The molecule has 0 atom stereocenters. The first-order valence-corrected chi connectivity index (χ1v) is 11.6. The van der Waals surface area contributed by atoms with E-state index >= 15 is 0 Å². The molecule has 3 aromatic carbocycles. The summed E-state index contributed by atoms with van der Waals surface area (Å²) in [6.45, 7) is 4.23. The number of benzene rings is 3. The molecule has 0 fully saturated rings. The summed E-state index contributed by atoms with van der Waals surface area (Å²) in [5.41, 5.74) is 2.61. The van der Waals surface area contributed by atoms with Gasteiger partial charge < -0.3 is 14.8 Å². The largest absolute Gasteiger partial charge is 0.486 e. The second-order valence-electron chi connectivity index (χ2n) is 7.52. The molecule has 1 heterocycles. The molecule has 1 aliphatic rings.